The van der Waals surface area contributed by atoms with Crippen LogP contribution in [0.4, 0.5) is 0 Å². The smallest absolute Gasteiger partial charge is 0.221 e. The predicted molar refractivity (Wildman–Crippen MR) is 74.4 cm³/mol. The van der Waals surface area contributed by atoms with Crippen molar-refractivity contribution in [3.05, 3.63) is 0 Å². The molecule has 2 aliphatic rings. The molecule has 2 N–H and O–H groups in total. The Bertz CT molecular complexity index is 261. The molecule has 0 aromatic rings. The molecule has 2 fully saturated rings. The van der Waals surface area contributed by atoms with Crippen molar-refractivity contribution in [1.82, 2.24) is 10.6 Å². The molecule has 3 heteroatoms. The van der Waals surface area contributed by atoms with Crippen LogP contribution in [0.3, 0.4) is 0 Å². The minimum Gasteiger partial charge on any atom is -0.356 e. The Morgan fingerprint density at radius 3 is 2.83 bits per heavy atom. The standard InChI is InChI=1S/C15H28N2O/c1-12-5-4-6-13(9-12)11-17-15(18)10-14-7-2-3-8-16-14/h12-14,16H,2-11H2,1H3,(H,17,18). The summed E-state index contributed by atoms with van der Waals surface area (Å²) in [6.45, 7) is 4.31. The van der Waals surface area contributed by atoms with Crippen molar-refractivity contribution in [2.45, 2.75) is 64.3 Å². The SMILES string of the molecule is CC1CCCC(CNC(=O)CC2CCCCN2)C1. The van der Waals surface area contributed by atoms with Gasteiger partial charge in [-0.05, 0) is 44.1 Å². The lowest BCUT2D eigenvalue weighted by Gasteiger charge is -2.27. The molecule has 3 unspecified atom stereocenters. The van der Waals surface area contributed by atoms with Crippen LogP contribution in [0.15, 0.2) is 0 Å². The van der Waals surface area contributed by atoms with Crippen molar-refractivity contribution in [2.24, 2.45) is 11.8 Å². The van der Waals surface area contributed by atoms with Crippen molar-refractivity contribution >= 4 is 5.91 Å². The molecule has 1 saturated carbocycles. The maximum atomic E-state index is 11.9. The van der Waals surface area contributed by atoms with Crippen molar-refractivity contribution in [2.75, 3.05) is 13.1 Å². The molecule has 1 amide bonds. The second kappa shape index (κ2) is 7.13. The molecule has 0 aromatic carbocycles. The molecule has 1 saturated heterocycles. The normalized spacial score (nSPS) is 33.1. The highest BCUT2D eigenvalue weighted by Gasteiger charge is 2.20. The van der Waals surface area contributed by atoms with Crippen molar-refractivity contribution in [1.29, 1.82) is 0 Å². The maximum absolute atomic E-state index is 11.9. The fraction of sp³-hybridized carbons (Fsp3) is 0.933. The van der Waals surface area contributed by atoms with Gasteiger partial charge in [0.1, 0.15) is 0 Å². The van der Waals surface area contributed by atoms with Crippen LogP contribution in [0.2, 0.25) is 0 Å². The third kappa shape index (κ3) is 4.60. The summed E-state index contributed by atoms with van der Waals surface area (Å²) >= 11 is 0. The number of carbonyl (C=O) groups excluding carboxylic acids is 1. The van der Waals surface area contributed by atoms with Crippen LogP contribution in [0.25, 0.3) is 0 Å². The third-order valence-corrected chi connectivity index (χ3v) is 4.48. The van der Waals surface area contributed by atoms with Gasteiger partial charge in [-0.2, -0.15) is 0 Å². The van der Waals surface area contributed by atoms with Gasteiger partial charge in [0, 0.05) is 19.0 Å². The number of amides is 1. The molecule has 104 valence electrons. The third-order valence-electron chi connectivity index (χ3n) is 4.48. The summed E-state index contributed by atoms with van der Waals surface area (Å²) in [4.78, 5) is 11.9. The van der Waals surface area contributed by atoms with Gasteiger partial charge in [-0.3, -0.25) is 4.79 Å². The van der Waals surface area contributed by atoms with Gasteiger partial charge in [0.25, 0.3) is 0 Å². The zero-order valence-electron chi connectivity index (χ0n) is 11.7. The first-order valence-electron chi connectivity index (χ1n) is 7.74. The van der Waals surface area contributed by atoms with Gasteiger partial charge >= 0.3 is 0 Å². The Kier molecular flexibility index (Phi) is 5.48. The second-order valence-electron chi connectivity index (χ2n) is 6.29. The number of hydrogen-bond donors (Lipinski definition) is 2. The first kappa shape index (κ1) is 13.9. The largest absolute Gasteiger partial charge is 0.356 e. The minimum atomic E-state index is 0.243. The molecule has 0 aromatic heterocycles. The van der Waals surface area contributed by atoms with E-state index in [1.807, 2.05) is 0 Å². The number of hydrogen-bond acceptors (Lipinski definition) is 2. The molecular weight excluding hydrogens is 224 g/mol. The van der Waals surface area contributed by atoms with E-state index in [1.54, 1.807) is 0 Å². The van der Waals surface area contributed by atoms with Crippen molar-refractivity contribution in [3.63, 3.8) is 0 Å². The summed E-state index contributed by atoms with van der Waals surface area (Å²) in [6.07, 6.45) is 9.66. The van der Waals surface area contributed by atoms with Gasteiger partial charge in [0.2, 0.25) is 5.91 Å². The van der Waals surface area contributed by atoms with E-state index in [9.17, 15) is 4.79 Å². The van der Waals surface area contributed by atoms with E-state index in [-0.39, 0.29) is 5.91 Å². The molecule has 18 heavy (non-hydrogen) atoms. The number of carbonyl (C=O) groups is 1. The molecule has 0 radical (unpaired) electrons. The number of nitrogens with one attached hydrogen (secondary N) is 2. The second-order valence-corrected chi connectivity index (χ2v) is 6.29. The zero-order valence-corrected chi connectivity index (χ0v) is 11.7. The van der Waals surface area contributed by atoms with Gasteiger partial charge in [-0.1, -0.05) is 26.2 Å². The Morgan fingerprint density at radius 2 is 2.11 bits per heavy atom. The molecule has 3 atom stereocenters. The van der Waals surface area contributed by atoms with Crippen LogP contribution in [0.5, 0.6) is 0 Å². The first-order chi connectivity index (χ1) is 8.74. The number of rotatable bonds is 4. The van der Waals surface area contributed by atoms with Crippen LogP contribution in [-0.4, -0.2) is 25.0 Å². The Balaban J connectivity index is 1.61. The average molecular weight is 252 g/mol. The van der Waals surface area contributed by atoms with Crippen LogP contribution < -0.4 is 10.6 Å². The first-order valence-corrected chi connectivity index (χ1v) is 7.74. The van der Waals surface area contributed by atoms with E-state index < -0.39 is 0 Å². The average Bonchev–Trinajstić information content (AvgIpc) is 2.38. The highest BCUT2D eigenvalue weighted by molar-refractivity contribution is 5.76. The summed E-state index contributed by atoms with van der Waals surface area (Å²) in [6, 6.07) is 0.420. The molecule has 1 aliphatic carbocycles. The topological polar surface area (TPSA) is 41.1 Å². The molecule has 0 bridgehead atoms. The zero-order chi connectivity index (χ0) is 12.8. The summed E-state index contributed by atoms with van der Waals surface area (Å²) in [5.41, 5.74) is 0. The Hall–Kier alpha value is -0.570. The lowest BCUT2D eigenvalue weighted by atomic mass is 9.82. The predicted octanol–water partition coefficient (Wildman–Crippen LogP) is 2.46. The van der Waals surface area contributed by atoms with Gasteiger partial charge in [0.05, 0.1) is 0 Å². The van der Waals surface area contributed by atoms with E-state index in [0.29, 0.717) is 12.5 Å². The lowest BCUT2D eigenvalue weighted by molar-refractivity contribution is -0.122. The van der Waals surface area contributed by atoms with Gasteiger partial charge in [-0.25, -0.2) is 0 Å². The quantitative estimate of drug-likeness (QED) is 0.807. The van der Waals surface area contributed by atoms with E-state index in [4.69, 9.17) is 0 Å². The van der Waals surface area contributed by atoms with Crippen LogP contribution in [-0.2, 0) is 4.79 Å². The molecule has 1 aliphatic heterocycles. The number of piperidine rings is 1. The van der Waals surface area contributed by atoms with Crippen molar-refractivity contribution < 1.29 is 4.79 Å². The van der Waals surface area contributed by atoms with E-state index >= 15 is 0 Å². The summed E-state index contributed by atoms with van der Waals surface area (Å²) < 4.78 is 0. The van der Waals surface area contributed by atoms with Crippen LogP contribution in [0, 0.1) is 11.8 Å². The fourth-order valence-corrected chi connectivity index (χ4v) is 3.40. The summed E-state index contributed by atoms with van der Waals surface area (Å²) in [5, 5.41) is 6.58. The summed E-state index contributed by atoms with van der Waals surface area (Å²) in [5.74, 6) is 1.81. The molecule has 3 nitrogen and oxygen atoms in total. The monoisotopic (exact) mass is 252 g/mol. The van der Waals surface area contributed by atoms with Crippen LogP contribution in [0.1, 0.15) is 58.3 Å². The van der Waals surface area contributed by atoms with Crippen molar-refractivity contribution in [3.8, 4) is 0 Å². The van der Waals surface area contributed by atoms with Gasteiger partial charge in [0.15, 0.2) is 0 Å². The molecular formula is C15H28N2O. The molecule has 1 heterocycles. The fourth-order valence-electron chi connectivity index (χ4n) is 3.40. The molecule has 0 spiro atoms. The summed E-state index contributed by atoms with van der Waals surface area (Å²) in [7, 11) is 0. The Labute approximate surface area is 111 Å². The highest BCUT2D eigenvalue weighted by Crippen LogP contribution is 2.27. The van der Waals surface area contributed by atoms with Gasteiger partial charge in [-0.15, -0.1) is 0 Å². The lowest BCUT2D eigenvalue weighted by Crippen LogP contribution is -2.40. The van der Waals surface area contributed by atoms with Crippen LogP contribution >= 0.6 is 0 Å². The minimum absolute atomic E-state index is 0.243. The highest BCUT2D eigenvalue weighted by atomic mass is 16.1. The van der Waals surface area contributed by atoms with Gasteiger partial charge < -0.3 is 10.6 Å². The van der Waals surface area contributed by atoms with E-state index in [2.05, 4.69) is 17.6 Å². The Morgan fingerprint density at radius 1 is 1.22 bits per heavy atom. The molecule has 2 rings (SSSR count). The maximum Gasteiger partial charge on any atom is 0.221 e. The van der Waals surface area contributed by atoms with E-state index in [0.717, 1.165) is 31.3 Å². The van der Waals surface area contributed by atoms with E-state index in [1.165, 1.54) is 38.5 Å².